The Morgan fingerprint density at radius 2 is 1.88 bits per heavy atom. The van der Waals surface area contributed by atoms with Gasteiger partial charge in [0.2, 0.25) is 18.2 Å². The van der Waals surface area contributed by atoms with E-state index in [-0.39, 0.29) is 34.2 Å². The number of anilines is 1. The lowest BCUT2D eigenvalue weighted by atomic mass is 9.69. The third-order valence-electron chi connectivity index (χ3n) is 8.72. The maximum atomic E-state index is 15.0. The van der Waals surface area contributed by atoms with E-state index in [9.17, 15) is 18.8 Å². The molecule has 42 heavy (non-hydrogen) atoms. The van der Waals surface area contributed by atoms with Crippen molar-refractivity contribution in [2.24, 2.45) is 11.7 Å². The molecule has 1 heterocycles. The largest absolute Gasteiger partial charge is 0.370 e. The van der Waals surface area contributed by atoms with Crippen molar-refractivity contribution in [2.75, 3.05) is 18.9 Å². The van der Waals surface area contributed by atoms with Crippen molar-refractivity contribution in [3.05, 3.63) is 87.3 Å². The highest BCUT2D eigenvalue weighted by atomic mass is 35.5. The molecule has 5 rings (SSSR count). The van der Waals surface area contributed by atoms with E-state index in [1.807, 2.05) is 12.1 Å². The molecule has 4 N–H and O–H groups in total. The fourth-order valence-corrected chi connectivity index (χ4v) is 7.04. The number of hydrogen-bond acceptors (Lipinski definition) is 4. The van der Waals surface area contributed by atoms with Crippen LogP contribution >= 0.6 is 23.2 Å². The summed E-state index contributed by atoms with van der Waals surface area (Å²) in [5.41, 5.74) is 8.73. The highest BCUT2D eigenvalue weighted by molar-refractivity contribution is 6.31. The van der Waals surface area contributed by atoms with Gasteiger partial charge < -0.3 is 16.4 Å². The van der Waals surface area contributed by atoms with E-state index in [2.05, 4.69) is 29.2 Å². The predicted molar refractivity (Wildman–Crippen MR) is 165 cm³/mol. The summed E-state index contributed by atoms with van der Waals surface area (Å²) in [6.45, 7) is 4.42. The quantitative estimate of drug-likeness (QED) is 0.302. The topological polar surface area (TPSA) is 105 Å². The molecule has 7 nitrogen and oxygen atoms in total. The van der Waals surface area contributed by atoms with Crippen molar-refractivity contribution < 1.29 is 18.8 Å². The molecular weight excluding hydrogens is 578 g/mol. The highest BCUT2D eigenvalue weighted by Gasteiger charge is 2.56. The number of carbonyl (C=O) groups excluding carboxylic acids is 3. The van der Waals surface area contributed by atoms with Gasteiger partial charge in [0.05, 0.1) is 10.9 Å². The Bertz CT molecular complexity index is 1390. The Labute approximate surface area is 256 Å². The Kier molecular flexibility index (Phi) is 10.5. The van der Waals surface area contributed by atoms with Crippen molar-refractivity contribution in [3.8, 4) is 0 Å². The molecule has 1 aliphatic heterocycles. The molecule has 0 aromatic heterocycles. The molecule has 1 saturated heterocycles. The maximum Gasteiger partial charge on any atom is 0.230 e. The van der Waals surface area contributed by atoms with Crippen LogP contribution in [0, 0.1) is 11.7 Å². The smallest absolute Gasteiger partial charge is 0.230 e. The second kappa shape index (κ2) is 13.8. The number of nitrogens with two attached hydrogens (primary N) is 1. The summed E-state index contributed by atoms with van der Waals surface area (Å²) in [7, 11) is 2.06. The fraction of sp³-hybridized carbons (Fsp3) is 0.406. The first kappa shape index (κ1) is 31.7. The van der Waals surface area contributed by atoms with Gasteiger partial charge in [0.1, 0.15) is 5.82 Å². The minimum absolute atomic E-state index is 0.0807. The van der Waals surface area contributed by atoms with Crippen LogP contribution in [0.15, 0.2) is 65.9 Å². The van der Waals surface area contributed by atoms with Gasteiger partial charge in [-0.3, -0.25) is 19.3 Å². The molecular formula is C32H37Cl2FN4O3. The summed E-state index contributed by atoms with van der Waals surface area (Å²) in [5, 5.41) is 6.28. The second-order valence-corrected chi connectivity index (χ2v) is 12.1. The van der Waals surface area contributed by atoms with Crippen molar-refractivity contribution in [3.63, 3.8) is 0 Å². The summed E-state index contributed by atoms with van der Waals surface area (Å²) in [5.74, 6) is -1.45. The van der Waals surface area contributed by atoms with Crippen LogP contribution in [0.25, 0.3) is 0 Å². The first-order valence-electron chi connectivity index (χ1n) is 14.2. The molecule has 3 amide bonds. The number of benzene rings is 2. The van der Waals surface area contributed by atoms with E-state index < -0.39 is 5.82 Å². The number of allylic oxidation sites excluding steroid dienone is 2. The molecule has 2 aromatic rings. The molecule has 2 fully saturated rings. The van der Waals surface area contributed by atoms with Gasteiger partial charge in [-0.15, -0.1) is 0 Å². The number of rotatable bonds is 8. The van der Waals surface area contributed by atoms with Crippen molar-refractivity contribution in [1.82, 2.24) is 10.2 Å². The van der Waals surface area contributed by atoms with Gasteiger partial charge in [-0.2, -0.15) is 0 Å². The molecule has 224 valence electrons. The number of likely N-dealkylation sites (tertiary alicyclic amines) is 1. The zero-order chi connectivity index (χ0) is 30.4. The third kappa shape index (κ3) is 6.88. The van der Waals surface area contributed by atoms with Crippen molar-refractivity contribution in [1.29, 1.82) is 0 Å². The van der Waals surface area contributed by atoms with Crippen LogP contribution in [0.1, 0.15) is 62.8 Å². The molecule has 1 spiro atoms. The van der Waals surface area contributed by atoms with E-state index in [0.29, 0.717) is 48.5 Å². The molecule has 2 aliphatic carbocycles. The van der Waals surface area contributed by atoms with Crippen LogP contribution in [0.2, 0.25) is 10.0 Å². The lowest BCUT2D eigenvalue weighted by Gasteiger charge is -2.43. The molecule has 10 heteroatoms. The number of hydrogen-bond donors (Lipinski definition) is 3. The van der Waals surface area contributed by atoms with E-state index in [0.717, 1.165) is 42.5 Å². The Balaban J connectivity index is 0.000000262. The van der Waals surface area contributed by atoms with Crippen LogP contribution < -0.4 is 16.4 Å². The molecule has 2 aromatic carbocycles. The van der Waals surface area contributed by atoms with Crippen LogP contribution in [0.5, 0.6) is 0 Å². The highest BCUT2D eigenvalue weighted by Crippen LogP contribution is 2.51. The molecule has 0 bridgehead atoms. The number of nitrogens with one attached hydrogen (secondary N) is 2. The zero-order valence-corrected chi connectivity index (χ0v) is 25.2. The first-order chi connectivity index (χ1) is 20.1. The third-order valence-corrected chi connectivity index (χ3v) is 9.25. The molecule has 0 radical (unpaired) electrons. The number of primary amides is 1. The average molecular weight is 616 g/mol. The Hall–Kier alpha value is -3.20. The van der Waals surface area contributed by atoms with Gasteiger partial charge in [-0.05, 0) is 67.3 Å². The number of carbonyl (C=O) groups is 3. The lowest BCUT2D eigenvalue weighted by Crippen LogP contribution is -2.51. The summed E-state index contributed by atoms with van der Waals surface area (Å²) in [4.78, 5) is 36.5. The fourth-order valence-electron chi connectivity index (χ4n) is 6.67. The summed E-state index contributed by atoms with van der Waals surface area (Å²) >= 11 is 12.2. The van der Waals surface area contributed by atoms with Crippen LogP contribution in [-0.4, -0.2) is 42.3 Å². The number of nitrogens with zero attached hydrogens (tertiary/aromatic N) is 1. The monoisotopic (exact) mass is 614 g/mol. The molecule has 2 unspecified atom stereocenters. The summed E-state index contributed by atoms with van der Waals surface area (Å²) in [6, 6.07) is 12.2. The van der Waals surface area contributed by atoms with Crippen molar-refractivity contribution in [2.45, 2.75) is 62.8 Å². The van der Waals surface area contributed by atoms with Crippen LogP contribution in [0.3, 0.4) is 0 Å². The van der Waals surface area contributed by atoms with Gasteiger partial charge in [-0.25, -0.2) is 4.39 Å². The van der Waals surface area contributed by atoms with Crippen LogP contribution in [0.4, 0.5) is 10.1 Å². The second-order valence-electron chi connectivity index (χ2n) is 11.2. The summed E-state index contributed by atoms with van der Waals surface area (Å²) in [6.07, 6.45) is 7.42. The van der Waals surface area contributed by atoms with E-state index >= 15 is 0 Å². The molecule has 1 saturated carbocycles. The lowest BCUT2D eigenvalue weighted by molar-refractivity contribution is -0.124. The zero-order valence-electron chi connectivity index (χ0n) is 23.7. The number of likely N-dealkylation sites (N-methyl/N-ethyl adjacent to an activating group) is 1. The van der Waals surface area contributed by atoms with E-state index in [1.165, 1.54) is 6.42 Å². The minimum Gasteiger partial charge on any atom is -0.370 e. The minimum atomic E-state index is -0.416. The van der Waals surface area contributed by atoms with Gasteiger partial charge >= 0.3 is 0 Å². The van der Waals surface area contributed by atoms with Gasteiger partial charge in [0.25, 0.3) is 0 Å². The number of amides is 3. The summed E-state index contributed by atoms with van der Waals surface area (Å²) < 4.78 is 15.0. The average Bonchev–Trinajstić information content (AvgIpc) is 3.21. The molecule has 3 aliphatic rings. The Morgan fingerprint density at radius 1 is 1.17 bits per heavy atom. The van der Waals surface area contributed by atoms with E-state index in [4.69, 9.17) is 28.9 Å². The van der Waals surface area contributed by atoms with Gasteiger partial charge in [0.15, 0.2) is 0 Å². The van der Waals surface area contributed by atoms with Gasteiger partial charge in [-0.1, -0.05) is 67.2 Å². The molecule has 2 atom stereocenters. The number of halogens is 3. The normalized spacial score (nSPS) is 21.3. The predicted octanol–water partition coefficient (Wildman–Crippen LogP) is 6.33. The van der Waals surface area contributed by atoms with Crippen molar-refractivity contribution >= 4 is 47.1 Å². The standard InChI is InChI=1S/C23H25Cl2FN2O.C9H12N2O2/c1-28-14-18(17-9-6-10-19(25)21(17)26)20(23(28)11-3-2-4-12-23)22(29)27-16-8-5-7-15(24)13-16;1-6-4-8(11-5-12)7(6)2-3-9(10)13/h5-10,13,18,20H,2-4,11-12,14H2,1H3,(H,27,29);5H,1-4H2,(H2,10,13)(H,11,12). The Morgan fingerprint density at radius 3 is 2.52 bits per heavy atom. The van der Waals surface area contributed by atoms with Gasteiger partial charge in [0, 0.05) is 47.3 Å². The van der Waals surface area contributed by atoms with Crippen LogP contribution in [-0.2, 0) is 14.4 Å². The SMILES string of the molecule is C=C1CC(NC=O)=C1CCC(N)=O.CN1CC(c2cccc(Cl)c2F)C(C(=O)Nc2cccc(Cl)c2)C12CCCCC2. The first-order valence-corrected chi connectivity index (χ1v) is 14.9. The maximum absolute atomic E-state index is 15.0. The van der Waals surface area contributed by atoms with E-state index in [1.54, 1.807) is 30.3 Å².